The van der Waals surface area contributed by atoms with Gasteiger partial charge in [0.25, 0.3) is 0 Å². The quantitative estimate of drug-likeness (QED) is 0.502. The molecule has 0 N–H and O–H groups in total. The van der Waals surface area contributed by atoms with E-state index in [-0.39, 0.29) is 5.97 Å². The summed E-state index contributed by atoms with van der Waals surface area (Å²) in [5, 5.41) is 0. The van der Waals surface area contributed by atoms with Gasteiger partial charge in [-0.1, -0.05) is 6.07 Å². The highest BCUT2D eigenvalue weighted by Crippen LogP contribution is 2.22. The third-order valence-corrected chi connectivity index (χ3v) is 1.96. The third-order valence-electron chi connectivity index (χ3n) is 1.96. The molecule has 1 aromatic carbocycles. The first kappa shape index (κ1) is 8.81. The molecule has 0 spiro atoms. The molecule has 0 saturated heterocycles. The second-order valence-corrected chi connectivity index (χ2v) is 3.07. The summed E-state index contributed by atoms with van der Waals surface area (Å²) in [5.41, 5.74) is 2.14. The predicted octanol–water partition coefficient (Wildman–Crippen LogP) is 2.11. The Kier molecular flexibility index (Phi) is 2.23. The first-order valence-electron chi connectivity index (χ1n) is 4.35. The van der Waals surface area contributed by atoms with Gasteiger partial charge in [-0.05, 0) is 29.3 Å². The fourth-order valence-corrected chi connectivity index (χ4v) is 1.35. The van der Waals surface area contributed by atoms with E-state index in [4.69, 9.17) is 9.47 Å². The summed E-state index contributed by atoms with van der Waals surface area (Å²) in [6.45, 7) is 1.96. The second kappa shape index (κ2) is 3.54. The van der Waals surface area contributed by atoms with Crippen molar-refractivity contribution in [1.29, 1.82) is 0 Å². The van der Waals surface area contributed by atoms with Gasteiger partial charge in [0.2, 0.25) is 0 Å². The van der Waals surface area contributed by atoms with Crippen LogP contribution in [-0.4, -0.2) is 5.97 Å². The van der Waals surface area contributed by atoms with Gasteiger partial charge in [0.1, 0.15) is 12.4 Å². The molecule has 1 heterocycles. The van der Waals surface area contributed by atoms with Crippen LogP contribution in [0.3, 0.4) is 0 Å². The van der Waals surface area contributed by atoms with Crippen LogP contribution in [0.5, 0.6) is 5.75 Å². The molecule has 1 aromatic rings. The lowest BCUT2D eigenvalue weighted by atomic mass is 10.1. The van der Waals surface area contributed by atoms with Crippen molar-refractivity contribution in [2.24, 2.45) is 0 Å². The Morgan fingerprint density at radius 3 is 3.14 bits per heavy atom. The monoisotopic (exact) mass is 190 g/mol. The summed E-state index contributed by atoms with van der Waals surface area (Å²) >= 11 is 0. The summed E-state index contributed by atoms with van der Waals surface area (Å²) in [5.74, 6) is 0.267. The van der Waals surface area contributed by atoms with E-state index >= 15 is 0 Å². The van der Waals surface area contributed by atoms with Gasteiger partial charge < -0.3 is 9.47 Å². The van der Waals surface area contributed by atoms with Crippen molar-refractivity contribution in [2.75, 3.05) is 0 Å². The molecule has 1 aliphatic rings. The minimum absolute atomic E-state index is 0.305. The Morgan fingerprint density at radius 2 is 2.36 bits per heavy atom. The van der Waals surface area contributed by atoms with Crippen molar-refractivity contribution in [3.8, 4) is 5.75 Å². The van der Waals surface area contributed by atoms with Crippen LogP contribution in [0, 0.1) is 0 Å². The molecule has 3 nitrogen and oxygen atoms in total. The van der Waals surface area contributed by atoms with E-state index in [1.54, 1.807) is 12.3 Å². The molecule has 14 heavy (non-hydrogen) atoms. The van der Waals surface area contributed by atoms with E-state index in [0.717, 1.165) is 11.1 Å². The Balaban J connectivity index is 2.30. The number of carbonyl (C=O) groups excluding carboxylic acids is 1. The normalized spacial score (nSPS) is 12.9. The molecule has 0 bridgehead atoms. The summed E-state index contributed by atoms with van der Waals surface area (Å²) in [6, 6.07) is 5.50. The fourth-order valence-electron chi connectivity index (χ4n) is 1.35. The van der Waals surface area contributed by atoms with Crippen molar-refractivity contribution in [1.82, 2.24) is 0 Å². The first-order chi connectivity index (χ1) is 6.75. The zero-order chi connectivity index (χ0) is 9.97. The standard InChI is InChI=1S/C11H10O3/c1-8(12)14-11-3-2-10-7-13-5-4-9(10)6-11/h2-6H,7H2,1H3. The Bertz CT molecular complexity index is 394. The molecule has 1 aliphatic heterocycles. The summed E-state index contributed by atoms with van der Waals surface area (Å²) in [4.78, 5) is 10.7. The van der Waals surface area contributed by atoms with Gasteiger partial charge in [-0.2, -0.15) is 0 Å². The molecular formula is C11H10O3. The molecule has 0 saturated carbocycles. The molecule has 0 unspecified atom stereocenters. The average molecular weight is 190 g/mol. The minimum Gasteiger partial charge on any atom is -0.496 e. The number of hydrogen-bond donors (Lipinski definition) is 0. The van der Waals surface area contributed by atoms with Gasteiger partial charge in [0.05, 0.1) is 6.26 Å². The van der Waals surface area contributed by atoms with Gasteiger partial charge in [-0.3, -0.25) is 4.79 Å². The number of fused-ring (bicyclic) bond motifs is 1. The second-order valence-electron chi connectivity index (χ2n) is 3.07. The fraction of sp³-hybridized carbons (Fsp3) is 0.182. The molecular weight excluding hydrogens is 180 g/mol. The average Bonchev–Trinajstić information content (AvgIpc) is 2.17. The molecule has 3 heteroatoms. The van der Waals surface area contributed by atoms with E-state index in [1.807, 2.05) is 18.2 Å². The number of rotatable bonds is 1. The van der Waals surface area contributed by atoms with Crippen LogP contribution in [0.1, 0.15) is 18.1 Å². The number of benzene rings is 1. The predicted molar refractivity (Wildman–Crippen MR) is 51.6 cm³/mol. The van der Waals surface area contributed by atoms with Gasteiger partial charge in [-0.25, -0.2) is 0 Å². The van der Waals surface area contributed by atoms with Crippen LogP contribution in [0.4, 0.5) is 0 Å². The maximum absolute atomic E-state index is 10.7. The van der Waals surface area contributed by atoms with Gasteiger partial charge in [-0.15, -0.1) is 0 Å². The highest BCUT2D eigenvalue weighted by molar-refractivity contribution is 5.70. The largest absolute Gasteiger partial charge is 0.496 e. The molecule has 0 aromatic heterocycles. The highest BCUT2D eigenvalue weighted by Gasteiger charge is 2.07. The smallest absolute Gasteiger partial charge is 0.308 e. The van der Waals surface area contributed by atoms with Crippen LogP contribution in [0.25, 0.3) is 6.08 Å². The number of ether oxygens (including phenoxy) is 2. The van der Waals surface area contributed by atoms with Crippen molar-refractivity contribution in [3.63, 3.8) is 0 Å². The summed E-state index contributed by atoms with van der Waals surface area (Å²) < 4.78 is 10.1. The lowest BCUT2D eigenvalue weighted by Crippen LogP contribution is -2.03. The molecule has 0 aliphatic carbocycles. The SMILES string of the molecule is CC(=O)Oc1ccc2c(c1)C=COC2. The Labute approximate surface area is 81.9 Å². The molecule has 72 valence electrons. The number of hydrogen-bond acceptors (Lipinski definition) is 3. The maximum atomic E-state index is 10.7. The van der Waals surface area contributed by atoms with Crippen molar-refractivity contribution >= 4 is 12.0 Å². The van der Waals surface area contributed by atoms with E-state index in [1.165, 1.54) is 6.92 Å². The van der Waals surface area contributed by atoms with Crippen molar-refractivity contribution in [3.05, 3.63) is 35.6 Å². The lowest BCUT2D eigenvalue weighted by molar-refractivity contribution is -0.131. The van der Waals surface area contributed by atoms with Crippen LogP contribution in [0.15, 0.2) is 24.5 Å². The van der Waals surface area contributed by atoms with Gasteiger partial charge in [0.15, 0.2) is 0 Å². The zero-order valence-corrected chi connectivity index (χ0v) is 7.82. The Hall–Kier alpha value is -1.77. The highest BCUT2D eigenvalue weighted by atomic mass is 16.5. The van der Waals surface area contributed by atoms with Crippen LogP contribution in [-0.2, 0) is 16.1 Å². The van der Waals surface area contributed by atoms with Crippen molar-refractivity contribution in [2.45, 2.75) is 13.5 Å². The van der Waals surface area contributed by atoms with E-state index < -0.39 is 0 Å². The molecule has 0 radical (unpaired) electrons. The lowest BCUT2D eigenvalue weighted by Gasteiger charge is -2.12. The number of esters is 1. The summed E-state index contributed by atoms with van der Waals surface area (Å²) in [6.07, 6.45) is 3.49. The maximum Gasteiger partial charge on any atom is 0.308 e. The molecule has 0 fully saturated rings. The van der Waals surface area contributed by atoms with Crippen LogP contribution < -0.4 is 4.74 Å². The zero-order valence-electron chi connectivity index (χ0n) is 7.82. The van der Waals surface area contributed by atoms with Gasteiger partial charge >= 0.3 is 5.97 Å². The summed E-state index contributed by atoms with van der Waals surface area (Å²) in [7, 11) is 0. The van der Waals surface area contributed by atoms with Crippen LogP contribution >= 0.6 is 0 Å². The molecule has 0 atom stereocenters. The topological polar surface area (TPSA) is 35.5 Å². The molecule has 2 rings (SSSR count). The first-order valence-corrected chi connectivity index (χ1v) is 4.35. The van der Waals surface area contributed by atoms with E-state index in [0.29, 0.717) is 12.4 Å². The van der Waals surface area contributed by atoms with E-state index in [9.17, 15) is 4.79 Å². The van der Waals surface area contributed by atoms with Gasteiger partial charge in [0, 0.05) is 6.92 Å². The third kappa shape index (κ3) is 1.76. The minimum atomic E-state index is -0.305. The van der Waals surface area contributed by atoms with Crippen molar-refractivity contribution < 1.29 is 14.3 Å². The molecule has 0 amide bonds. The number of carbonyl (C=O) groups is 1. The van der Waals surface area contributed by atoms with Crippen LogP contribution in [0.2, 0.25) is 0 Å². The Morgan fingerprint density at radius 1 is 1.50 bits per heavy atom. The van der Waals surface area contributed by atoms with E-state index in [2.05, 4.69) is 0 Å².